The van der Waals surface area contributed by atoms with Gasteiger partial charge < -0.3 is 0 Å². The summed E-state index contributed by atoms with van der Waals surface area (Å²) in [6, 6.07) is 3.88. The van der Waals surface area contributed by atoms with Crippen LogP contribution < -0.4 is 0 Å². The minimum absolute atomic E-state index is 0.146. The third-order valence-electron chi connectivity index (χ3n) is 2.27. The van der Waals surface area contributed by atoms with E-state index in [1.807, 2.05) is 0 Å². The van der Waals surface area contributed by atoms with Crippen molar-refractivity contribution in [2.24, 2.45) is 0 Å². The van der Waals surface area contributed by atoms with Crippen molar-refractivity contribution in [1.82, 2.24) is 0 Å². The Balaban J connectivity index is 3.50. The van der Waals surface area contributed by atoms with Crippen LogP contribution in [0.25, 0.3) is 0 Å². The van der Waals surface area contributed by atoms with Gasteiger partial charge in [0.25, 0.3) is 0 Å². The van der Waals surface area contributed by atoms with Gasteiger partial charge in [0.05, 0.1) is 18.1 Å². The normalized spacial score (nSPS) is 10.9. The second-order valence-corrected chi connectivity index (χ2v) is 3.27. The van der Waals surface area contributed by atoms with Crippen LogP contribution in [-0.4, -0.2) is 6.29 Å². The summed E-state index contributed by atoms with van der Waals surface area (Å²) >= 11 is 0. The molecule has 1 aromatic carbocycles. The third-order valence-corrected chi connectivity index (χ3v) is 2.27. The molecule has 1 rings (SSSR count). The Morgan fingerprint density at radius 2 is 2.06 bits per heavy atom. The van der Waals surface area contributed by atoms with Crippen LogP contribution in [0, 0.1) is 18.3 Å². The van der Waals surface area contributed by atoms with E-state index in [-0.39, 0.29) is 18.3 Å². The van der Waals surface area contributed by atoms with E-state index in [2.05, 4.69) is 0 Å². The smallest absolute Gasteiger partial charge is 0.298 e. The number of alkyl halides is 3. The van der Waals surface area contributed by atoms with E-state index in [4.69, 9.17) is 5.26 Å². The lowest BCUT2D eigenvalue weighted by Gasteiger charge is -2.13. The lowest BCUT2D eigenvalue weighted by atomic mass is 9.95. The molecule has 0 saturated carbocycles. The number of carbonyl (C=O) groups is 1. The molecular formula is C11H8F3NO. The van der Waals surface area contributed by atoms with E-state index < -0.39 is 17.3 Å². The Morgan fingerprint density at radius 1 is 1.44 bits per heavy atom. The van der Waals surface area contributed by atoms with Gasteiger partial charge in [-0.15, -0.1) is 0 Å². The molecular weight excluding hydrogens is 219 g/mol. The molecule has 0 unspecified atom stereocenters. The van der Waals surface area contributed by atoms with Crippen LogP contribution in [0.1, 0.15) is 27.0 Å². The van der Waals surface area contributed by atoms with Crippen molar-refractivity contribution in [2.45, 2.75) is 19.5 Å². The van der Waals surface area contributed by atoms with Crippen LogP contribution >= 0.6 is 0 Å². The van der Waals surface area contributed by atoms with Gasteiger partial charge in [-0.05, 0) is 24.1 Å². The molecule has 0 spiro atoms. The molecule has 0 aliphatic carbocycles. The Labute approximate surface area is 90.3 Å². The number of benzene rings is 1. The Hall–Kier alpha value is -1.83. The summed E-state index contributed by atoms with van der Waals surface area (Å²) in [5, 5.41) is 8.51. The standard InChI is InChI=1S/C11H8F3NO/c1-7-2-3-10(11(12,13)14)9(6-16)8(7)4-5-15/h2-3,6H,4H2,1H3. The Morgan fingerprint density at radius 3 is 2.50 bits per heavy atom. The average Bonchev–Trinajstić information content (AvgIpc) is 2.19. The number of rotatable bonds is 2. The summed E-state index contributed by atoms with van der Waals surface area (Å²) in [4.78, 5) is 10.7. The van der Waals surface area contributed by atoms with E-state index in [1.165, 1.54) is 6.07 Å². The zero-order chi connectivity index (χ0) is 12.3. The molecule has 0 N–H and O–H groups in total. The molecule has 1 aromatic rings. The number of nitriles is 1. The number of aldehydes is 1. The highest BCUT2D eigenvalue weighted by molar-refractivity contribution is 5.81. The quantitative estimate of drug-likeness (QED) is 0.729. The van der Waals surface area contributed by atoms with Crippen LogP contribution in [0.3, 0.4) is 0 Å². The zero-order valence-electron chi connectivity index (χ0n) is 8.43. The lowest BCUT2D eigenvalue weighted by molar-refractivity contribution is -0.137. The summed E-state index contributed by atoms with van der Waals surface area (Å²) in [5.74, 6) is 0. The van der Waals surface area contributed by atoms with Gasteiger partial charge in [0.15, 0.2) is 6.29 Å². The van der Waals surface area contributed by atoms with Gasteiger partial charge in [0.1, 0.15) is 0 Å². The molecule has 0 bridgehead atoms. The van der Waals surface area contributed by atoms with Gasteiger partial charge >= 0.3 is 6.18 Å². The molecule has 0 atom stereocenters. The van der Waals surface area contributed by atoms with Gasteiger partial charge in [-0.25, -0.2) is 0 Å². The first-order chi connectivity index (χ1) is 7.41. The highest BCUT2D eigenvalue weighted by Gasteiger charge is 2.34. The minimum atomic E-state index is -4.58. The minimum Gasteiger partial charge on any atom is -0.298 e. The first kappa shape index (κ1) is 12.2. The maximum atomic E-state index is 12.5. The summed E-state index contributed by atoms with van der Waals surface area (Å²) in [7, 11) is 0. The number of nitrogens with zero attached hydrogens (tertiary/aromatic N) is 1. The van der Waals surface area contributed by atoms with Gasteiger partial charge in [0.2, 0.25) is 0 Å². The summed E-state index contributed by atoms with van der Waals surface area (Å²) < 4.78 is 37.6. The zero-order valence-corrected chi connectivity index (χ0v) is 8.43. The topological polar surface area (TPSA) is 40.9 Å². The number of halogens is 3. The monoisotopic (exact) mass is 227 g/mol. The molecule has 2 nitrogen and oxygen atoms in total. The van der Waals surface area contributed by atoms with Gasteiger partial charge in [-0.1, -0.05) is 6.07 Å². The Bertz CT molecular complexity index is 458. The first-order valence-electron chi connectivity index (χ1n) is 4.43. The molecule has 0 heterocycles. The van der Waals surface area contributed by atoms with Crippen molar-refractivity contribution in [2.75, 3.05) is 0 Å². The van der Waals surface area contributed by atoms with Gasteiger partial charge in [-0.2, -0.15) is 18.4 Å². The maximum Gasteiger partial charge on any atom is 0.417 e. The summed E-state index contributed by atoms with van der Waals surface area (Å²) in [6.07, 6.45) is -4.62. The fourth-order valence-corrected chi connectivity index (χ4v) is 1.47. The molecule has 5 heteroatoms. The van der Waals surface area contributed by atoms with E-state index >= 15 is 0 Å². The maximum absolute atomic E-state index is 12.5. The largest absolute Gasteiger partial charge is 0.417 e. The van der Waals surface area contributed by atoms with Crippen molar-refractivity contribution in [1.29, 1.82) is 5.26 Å². The average molecular weight is 227 g/mol. The number of hydrogen-bond donors (Lipinski definition) is 0. The predicted octanol–water partition coefficient (Wildman–Crippen LogP) is 2.89. The highest BCUT2D eigenvalue weighted by atomic mass is 19.4. The van der Waals surface area contributed by atoms with Crippen molar-refractivity contribution in [3.05, 3.63) is 34.4 Å². The molecule has 0 saturated heterocycles. The van der Waals surface area contributed by atoms with Crippen molar-refractivity contribution < 1.29 is 18.0 Å². The highest BCUT2D eigenvalue weighted by Crippen LogP contribution is 2.33. The lowest BCUT2D eigenvalue weighted by Crippen LogP contribution is -2.12. The summed E-state index contributed by atoms with van der Waals surface area (Å²) in [6.45, 7) is 1.57. The van der Waals surface area contributed by atoms with Crippen LogP contribution in [0.15, 0.2) is 12.1 Å². The number of aryl methyl sites for hydroxylation is 1. The van der Waals surface area contributed by atoms with E-state index in [9.17, 15) is 18.0 Å². The molecule has 0 radical (unpaired) electrons. The Kier molecular flexibility index (Phi) is 3.33. The molecule has 84 valence electrons. The molecule has 16 heavy (non-hydrogen) atoms. The SMILES string of the molecule is Cc1ccc(C(F)(F)F)c(C=O)c1CC#N. The van der Waals surface area contributed by atoms with Crippen LogP contribution in [0.2, 0.25) is 0 Å². The van der Waals surface area contributed by atoms with Crippen molar-refractivity contribution >= 4 is 6.29 Å². The first-order valence-corrected chi connectivity index (χ1v) is 4.43. The fraction of sp³-hybridized carbons (Fsp3) is 0.273. The van der Waals surface area contributed by atoms with Gasteiger partial charge in [0, 0.05) is 5.56 Å². The van der Waals surface area contributed by atoms with Crippen LogP contribution in [0.4, 0.5) is 13.2 Å². The fourth-order valence-electron chi connectivity index (χ4n) is 1.47. The van der Waals surface area contributed by atoms with E-state index in [0.717, 1.165) is 6.07 Å². The van der Waals surface area contributed by atoms with E-state index in [0.29, 0.717) is 5.56 Å². The molecule has 0 aliphatic rings. The van der Waals surface area contributed by atoms with Crippen LogP contribution in [-0.2, 0) is 12.6 Å². The second-order valence-electron chi connectivity index (χ2n) is 3.27. The second kappa shape index (κ2) is 4.35. The molecule has 0 amide bonds. The molecule has 0 aliphatic heterocycles. The molecule has 0 fully saturated rings. The van der Waals surface area contributed by atoms with Crippen LogP contribution in [0.5, 0.6) is 0 Å². The van der Waals surface area contributed by atoms with E-state index in [1.54, 1.807) is 13.0 Å². The van der Waals surface area contributed by atoms with Crippen molar-refractivity contribution in [3.63, 3.8) is 0 Å². The number of hydrogen-bond acceptors (Lipinski definition) is 2. The third kappa shape index (κ3) is 2.22. The predicted molar refractivity (Wildman–Crippen MR) is 50.9 cm³/mol. The van der Waals surface area contributed by atoms with Gasteiger partial charge in [-0.3, -0.25) is 4.79 Å². The number of carbonyl (C=O) groups excluding carboxylic acids is 1. The summed E-state index contributed by atoms with van der Waals surface area (Å²) in [5.41, 5.74) is -0.767. The molecule has 0 aromatic heterocycles. The van der Waals surface area contributed by atoms with Crippen molar-refractivity contribution in [3.8, 4) is 6.07 Å².